The quantitative estimate of drug-likeness (QED) is 0.428. The van der Waals surface area contributed by atoms with Gasteiger partial charge in [0.05, 0.1) is 12.2 Å². The molecule has 0 heterocycles. The first kappa shape index (κ1) is 15.5. The SMILES string of the molecule is CCCCCC(O)[C@@H](O)C(=O)[C@H](O)[C@@H](C)O. The molecule has 0 aromatic heterocycles. The maximum atomic E-state index is 11.3. The predicted molar refractivity (Wildman–Crippen MR) is 58.9 cm³/mol. The van der Waals surface area contributed by atoms with Crippen molar-refractivity contribution in [2.24, 2.45) is 0 Å². The first-order valence-electron chi connectivity index (χ1n) is 5.67. The van der Waals surface area contributed by atoms with Crippen LogP contribution in [0.2, 0.25) is 0 Å². The van der Waals surface area contributed by atoms with Crippen LogP contribution in [0.5, 0.6) is 0 Å². The van der Waals surface area contributed by atoms with E-state index in [4.69, 9.17) is 5.11 Å². The molecule has 96 valence electrons. The van der Waals surface area contributed by atoms with Gasteiger partial charge in [-0.1, -0.05) is 26.2 Å². The van der Waals surface area contributed by atoms with Crippen molar-refractivity contribution in [3.63, 3.8) is 0 Å². The maximum absolute atomic E-state index is 11.3. The van der Waals surface area contributed by atoms with E-state index in [0.717, 1.165) is 12.8 Å². The zero-order valence-electron chi connectivity index (χ0n) is 9.83. The van der Waals surface area contributed by atoms with Crippen LogP contribution in [0.25, 0.3) is 0 Å². The highest BCUT2D eigenvalue weighted by molar-refractivity contribution is 5.87. The van der Waals surface area contributed by atoms with Gasteiger partial charge in [-0.15, -0.1) is 0 Å². The summed E-state index contributed by atoms with van der Waals surface area (Å²) < 4.78 is 0. The summed E-state index contributed by atoms with van der Waals surface area (Å²) in [6.45, 7) is 3.25. The summed E-state index contributed by atoms with van der Waals surface area (Å²) in [6, 6.07) is 0. The van der Waals surface area contributed by atoms with Crippen LogP contribution in [-0.4, -0.2) is 50.6 Å². The lowest BCUT2D eigenvalue weighted by Crippen LogP contribution is -2.44. The zero-order chi connectivity index (χ0) is 12.7. The Morgan fingerprint density at radius 2 is 1.62 bits per heavy atom. The van der Waals surface area contributed by atoms with Crippen LogP contribution in [0.15, 0.2) is 0 Å². The lowest BCUT2D eigenvalue weighted by Gasteiger charge is -2.20. The van der Waals surface area contributed by atoms with E-state index in [1.165, 1.54) is 6.92 Å². The van der Waals surface area contributed by atoms with Crippen LogP contribution >= 0.6 is 0 Å². The fraction of sp³-hybridized carbons (Fsp3) is 0.909. The highest BCUT2D eigenvalue weighted by Crippen LogP contribution is 2.10. The second-order valence-electron chi connectivity index (χ2n) is 4.10. The first-order valence-corrected chi connectivity index (χ1v) is 5.67. The number of aliphatic hydroxyl groups is 4. The van der Waals surface area contributed by atoms with Gasteiger partial charge >= 0.3 is 0 Å². The second kappa shape index (κ2) is 7.73. The average molecular weight is 234 g/mol. The number of ketones is 1. The average Bonchev–Trinajstić information content (AvgIpc) is 2.26. The summed E-state index contributed by atoms with van der Waals surface area (Å²) in [4.78, 5) is 11.3. The molecule has 4 N–H and O–H groups in total. The number of hydrogen-bond acceptors (Lipinski definition) is 5. The highest BCUT2D eigenvalue weighted by Gasteiger charge is 2.31. The third kappa shape index (κ3) is 5.03. The standard InChI is InChI=1S/C11H22O5/c1-3-4-5-6-8(13)10(15)11(16)9(14)7(2)12/h7-10,12-15H,3-6H2,1-2H3/t7-,8?,9-,10-/m1/s1. The van der Waals surface area contributed by atoms with Crippen molar-refractivity contribution in [1.29, 1.82) is 0 Å². The summed E-state index contributed by atoms with van der Waals surface area (Å²) in [5, 5.41) is 37.1. The lowest BCUT2D eigenvalue weighted by molar-refractivity contribution is -0.146. The molecular weight excluding hydrogens is 212 g/mol. The Labute approximate surface area is 95.7 Å². The molecule has 0 rings (SSSR count). The Kier molecular flexibility index (Phi) is 7.49. The maximum Gasteiger partial charge on any atom is 0.194 e. The minimum absolute atomic E-state index is 0.313. The summed E-state index contributed by atoms with van der Waals surface area (Å²) in [6.07, 6.45) is -2.76. The number of carbonyl (C=O) groups is 1. The predicted octanol–water partition coefficient (Wildman–Crippen LogP) is -0.401. The summed E-state index contributed by atoms with van der Waals surface area (Å²) >= 11 is 0. The van der Waals surface area contributed by atoms with Gasteiger partial charge in [0.25, 0.3) is 0 Å². The van der Waals surface area contributed by atoms with E-state index in [0.29, 0.717) is 12.8 Å². The van der Waals surface area contributed by atoms with E-state index < -0.39 is 30.2 Å². The lowest BCUT2D eigenvalue weighted by atomic mass is 9.98. The molecule has 0 aliphatic rings. The highest BCUT2D eigenvalue weighted by atomic mass is 16.4. The van der Waals surface area contributed by atoms with Gasteiger partial charge in [-0.05, 0) is 13.3 Å². The van der Waals surface area contributed by atoms with Crippen molar-refractivity contribution < 1.29 is 25.2 Å². The summed E-state index contributed by atoms with van der Waals surface area (Å²) in [5.74, 6) is -0.931. The minimum atomic E-state index is -1.64. The van der Waals surface area contributed by atoms with Crippen LogP contribution in [0.1, 0.15) is 39.5 Å². The van der Waals surface area contributed by atoms with Crippen molar-refractivity contribution in [3.8, 4) is 0 Å². The van der Waals surface area contributed by atoms with Crippen molar-refractivity contribution in [1.82, 2.24) is 0 Å². The van der Waals surface area contributed by atoms with Crippen LogP contribution < -0.4 is 0 Å². The van der Waals surface area contributed by atoms with E-state index >= 15 is 0 Å². The topological polar surface area (TPSA) is 98.0 Å². The molecule has 0 fully saturated rings. The number of Topliss-reactive ketones (excluding diaryl/α,β-unsaturated/α-hetero) is 1. The van der Waals surface area contributed by atoms with E-state index in [-0.39, 0.29) is 0 Å². The molecule has 0 amide bonds. The van der Waals surface area contributed by atoms with E-state index in [1.807, 2.05) is 6.92 Å². The van der Waals surface area contributed by atoms with Crippen molar-refractivity contribution in [3.05, 3.63) is 0 Å². The van der Waals surface area contributed by atoms with E-state index in [2.05, 4.69) is 0 Å². The van der Waals surface area contributed by atoms with Gasteiger partial charge in [0, 0.05) is 0 Å². The normalized spacial score (nSPS) is 18.9. The second-order valence-corrected chi connectivity index (χ2v) is 4.10. The summed E-state index contributed by atoms with van der Waals surface area (Å²) in [7, 11) is 0. The molecule has 1 unspecified atom stereocenters. The largest absolute Gasteiger partial charge is 0.390 e. The molecule has 16 heavy (non-hydrogen) atoms. The Hall–Kier alpha value is -0.490. The van der Waals surface area contributed by atoms with Gasteiger partial charge < -0.3 is 20.4 Å². The minimum Gasteiger partial charge on any atom is -0.390 e. The molecule has 5 nitrogen and oxygen atoms in total. The number of aliphatic hydroxyl groups excluding tert-OH is 4. The van der Waals surface area contributed by atoms with E-state index in [9.17, 15) is 20.1 Å². The molecule has 0 saturated heterocycles. The monoisotopic (exact) mass is 234 g/mol. The fourth-order valence-corrected chi connectivity index (χ4v) is 1.36. The zero-order valence-corrected chi connectivity index (χ0v) is 9.83. The Morgan fingerprint density at radius 3 is 2.06 bits per heavy atom. The Balaban J connectivity index is 4.10. The number of hydrogen-bond donors (Lipinski definition) is 4. The molecule has 0 radical (unpaired) electrons. The Morgan fingerprint density at radius 1 is 1.06 bits per heavy atom. The van der Waals surface area contributed by atoms with Crippen LogP contribution in [-0.2, 0) is 4.79 Å². The number of rotatable bonds is 8. The molecule has 0 saturated carbocycles. The third-order valence-corrected chi connectivity index (χ3v) is 2.51. The summed E-state index contributed by atoms with van der Waals surface area (Å²) in [5.41, 5.74) is 0. The molecular formula is C11H22O5. The van der Waals surface area contributed by atoms with Crippen molar-refractivity contribution >= 4 is 5.78 Å². The van der Waals surface area contributed by atoms with Gasteiger partial charge in [0.15, 0.2) is 5.78 Å². The molecule has 5 heteroatoms. The molecule has 0 aliphatic heterocycles. The molecule has 0 spiro atoms. The number of unbranched alkanes of at least 4 members (excludes halogenated alkanes) is 2. The molecule has 0 aromatic rings. The first-order chi connectivity index (χ1) is 7.41. The van der Waals surface area contributed by atoms with Gasteiger partial charge in [-0.3, -0.25) is 4.79 Å². The number of carbonyl (C=O) groups excluding carboxylic acids is 1. The van der Waals surface area contributed by atoms with Crippen LogP contribution in [0, 0.1) is 0 Å². The Bertz CT molecular complexity index is 205. The molecule has 0 aliphatic carbocycles. The van der Waals surface area contributed by atoms with Gasteiger partial charge in [-0.25, -0.2) is 0 Å². The smallest absolute Gasteiger partial charge is 0.194 e. The third-order valence-electron chi connectivity index (χ3n) is 2.51. The van der Waals surface area contributed by atoms with Gasteiger partial charge in [0.1, 0.15) is 12.2 Å². The molecule has 0 aromatic carbocycles. The fourth-order valence-electron chi connectivity index (χ4n) is 1.36. The van der Waals surface area contributed by atoms with Gasteiger partial charge in [0.2, 0.25) is 0 Å². The van der Waals surface area contributed by atoms with Crippen molar-refractivity contribution in [2.45, 2.75) is 63.9 Å². The molecule has 4 atom stereocenters. The molecule has 0 bridgehead atoms. The van der Waals surface area contributed by atoms with Crippen molar-refractivity contribution in [2.75, 3.05) is 0 Å². The van der Waals surface area contributed by atoms with Gasteiger partial charge in [-0.2, -0.15) is 0 Å². The van der Waals surface area contributed by atoms with Crippen LogP contribution in [0.3, 0.4) is 0 Å². The van der Waals surface area contributed by atoms with E-state index in [1.54, 1.807) is 0 Å². The van der Waals surface area contributed by atoms with Crippen LogP contribution in [0.4, 0.5) is 0 Å².